The van der Waals surface area contributed by atoms with E-state index >= 15 is 0 Å². The molecule has 0 unspecified atom stereocenters. The highest BCUT2D eigenvalue weighted by atomic mass is 15.3. The molecule has 4 heteroatoms. The number of anilines is 1. The molecule has 1 N–H and O–H groups in total. The van der Waals surface area contributed by atoms with Crippen molar-refractivity contribution in [1.82, 2.24) is 14.8 Å². The van der Waals surface area contributed by atoms with Crippen molar-refractivity contribution in [2.75, 3.05) is 11.9 Å². The van der Waals surface area contributed by atoms with E-state index in [-0.39, 0.29) is 0 Å². The number of pyridine rings is 1. The molecule has 0 saturated heterocycles. The summed E-state index contributed by atoms with van der Waals surface area (Å²) < 4.78 is 1.86. The van der Waals surface area contributed by atoms with Crippen LogP contribution < -0.4 is 5.32 Å². The molecule has 0 fully saturated rings. The van der Waals surface area contributed by atoms with Crippen LogP contribution in [0.15, 0.2) is 48.7 Å². The Morgan fingerprint density at radius 3 is 2.89 bits per heavy atom. The quantitative estimate of drug-likeness (QED) is 0.763. The highest BCUT2D eigenvalue weighted by Gasteiger charge is 2.05. The van der Waals surface area contributed by atoms with Crippen molar-refractivity contribution in [2.45, 2.75) is 6.92 Å². The van der Waals surface area contributed by atoms with Gasteiger partial charge in [-0.05, 0) is 25.1 Å². The maximum absolute atomic E-state index is 4.54. The largest absolute Gasteiger partial charge is 0.370 e. The number of benzene rings is 1. The van der Waals surface area contributed by atoms with E-state index in [9.17, 15) is 0 Å². The molecule has 0 bridgehead atoms. The number of rotatable bonds is 3. The Balaban J connectivity index is 2.11. The van der Waals surface area contributed by atoms with Gasteiger partial charge < -0.3 is 5.32 Å². The fraction of sp³-hybridized carbons (Fsp3) is 0.143. The minimum absolute atomic E-state index is 0.828. The monoisotopic (exact) mass is 238 g/mol. The van der Waals surface area contributed by atoms with E-state index < -0.39 is 0 Å². The van der Waals surface area contributed by atoms with Gasteiger partial charge in [0.25, 0.3) is 0 Å². The van der Waals surface area contributed by atoms with Gasteiger partial charge in [-0.2, -0.15) is 5.10 Å². The molecule has 0 saturated carbocycles. The summed E-state index contributed by atoms with van der Waals surface area (Å²) in [5.74, 6) is 1.70. The number of aromatic nitrogens is 3. The van der Waals surface area contributed by atoms with E-state index in [1.807, 2.05) is 53.3 Å². The first kappa shape index (κ1) is 10.8. The van der Waals surface area contributed by atoms with E-state index in [2.05, 4.69) is 22.3 Å². The van der Waals surface area contributed by atoms with Crippen LogP contribution in [-0.4, -0.2) is 21.3 Å². The molecule has 0 amide bonds. The highest BCUT2D eigenvalue weighted by Crippen LogP contribution is 2.17. The summed E-state index contributed by atoms with van der Waals surface area (Å²) in [7, 11) is 0. The first-order valence-corrected chi connectivity index (χ1v) is 6.02. The summed E-state index contributed by atoms with van der Waals surface area (Å²) in [6, 6.07) is 14.0. The molecule has 1 aromatic carbocycles. The van der Waals surface area contributed by atoms with E-state index in [4.69, 9.17) is 0 Å². The van der Waals surface area contributed by atoms with Crippen molar-refractivity contribution in [3.05, 3.63) is 48.7 Å². The summed E-state index contributed by atoms with van der Waals surface area (Å²) in [5.41, 5.74) is 1.07. The van der Waals surface area contributed by atoms with Gasteiger partial charge in [0.2, 0.25) is 0 Å². The average Bonchev–Trinajstić information content (AvgIpc) is 2.83. The molecule has 0 radical (unpaired) electrons. The molecule has 0 aliphatic carbocycles. The maximum atomic E-state index is 4.54. The molecule has 3 aromatic rings. The highest BCUT2D eigenvalue weighted by molar-refractivity contribution is 5.79. The summed E-state index contributed by atoms with van der Waals surface area (Å²) in [4.78, 5) is 4.54. The molecule has 0 spiro atoms. The normalized spacial score (nSPS) is 10.7. The fourth-order valence-electron chi connectivity index (χ4n) is 1.98. The average molecular weight is 238 g/mol. The van der Waals surface area contributed by atoms with Gasteiger partial charge in [-0.3, -0.25) is 0 Å². The Morgan fingerprint density at radius 1 is 1.11 bits per heavy atom. The molecule has 0 atom stereocenters. The smallest absolute Gasteiger partial charge is 0.156 e. The van der Waals surface area contributed by atoms with Crippen LogP contribution in [0.5, 0.6) is 0 Å². The zero-order valence-corrected chi connectivity index (χ0v) is 10.2. The molecule has 18 heavy (non-hydrogen) atoms. The predicted octanol–water partition coefficient (Wildman–Crippen LogP) is 2.85. The van der Waals surface area contributed by atoms with Gasteiger partial charge in [-0.15, -0.1) is 0 Å². The zero-order chi connectivity index (χ0) is 12.4. The third-order valence-corrected chi connectivity index (χ3v) is 2.79. The summed E-state index contributed by atoms with van der Waals surface area (Å²) in [5, 5.41) is 8.72. The van der Waals surface area contributed by atoms with Crippen LogP contribution in [-0.2, 0) is 0 Å². The Bertz CT molecular complexity index is 672. The second-order valence-corrected chi connectivity index (χ2v) is 4.03. The summed E-state index contributed by atoms with van der Waals surface area (Å²) in [6.45, 7) is 2.91. The Morgan fingerprint density at radius 2 is 2.00 bits per heavy atom. The van der Waals surface area contributed by atoms with Crippen LogP contribution in [0.1, 0.15) is 6.92 Å². The Hall–Kier alpha value is -2.36. The van der Waals surface area contributed by atoms with Gasteiger partial charge in [-0.1, -0.05) is 24.3 Å². The molecule has 3 rings (SSSR count). The molecule has 0 aliphatic rings. The van der Waals surface area contributed by atoms with Gasteiger partial charge in [0.1, 0.15) is 5.82 Å². The van der Waals surface area contributed by atoms with Crippen LogP contribution in [0, 0.1) is 0 Å². The van der Waals surface area contributed by atoms with Crippen LogP contribution in [0.2, 0.25) is 0 Å². The first-order valence-electron chi connectivity index (χ1n) is 6.02. The topological polar surface area (TPSA) is 42.7 Å². The van der Waals surface area contributed by atoms with Gasteiger partial charge in [0.05, 0.1) is 11.7 Å². The van der Waals surface area contributed by atoms with Crippen LogP contribution in [0.25, 0.3) is 16.7 Å². The van der Waals surface area contributed by atoms with Crippen LogP contribution in [0.4, 0.5) is 5.82 Å². The second kappa shape index (κ2) is 4.49. The molecular weight excluding hydrogens is 224 g/mol. The SMILES string of the molecule is CCNc1cccc(-n2ncc3ccccc32)n1. The number of nitrogens with one attached hydrogen (secondary N) is 1. The zero-order valence-electron chi connectivity index (χ0n) is 10.2. The number of hydrogen-bond acceptors (Lipinski definition) is 3. The lowest BCUT2D eigenvalue weighted by Gasteiger charge is -2.06. The molecule has 90 valence electrons. The molecule has 2 aromatic heterocycles. The van der Waals surface area contributed by atoms with Gasteiger partial charge in [0.15, 0.2) is 5.82 Å². The minimum atomic E-state index is 0.828. The fourth-order valence-corrected chi connectivity index (χ4v) is 1.98. The number of fused-ring (bicyclic) bond motifs is 1. The van der Waals surface area contributed by atoms with Crippen molar-refractivity contribution in [3.8, 4) is 5.82 Å². The van der Waals surface area contributed by atoms with E-state index in [1.54, 1.807) is 0 Å². The number of hydrogen-bond donors (Lipinski definition) is 1. The number of nitrogens with zero attached hydrogens (tertiary/aromatic N) is 3. The van der Waals surface area contributed by atoms with E-state index in [0.29, 0.717) is 0 Å². The second-order valence-electron chi connectivity index (χ2n) is 4.03. The predicted molar refractivity (Wildman–Crippen MR) is 73.0 cm³/mol. The maximum Gasteiger partial charge on any atom is 0.156 e. The van der Waals surface area contributed by atoms with E-state index in [1.165, 1.54) is 0 Å². The van der Waals surface area contributed by atoms with Crippen LogP contribution in [0.3, 0.4) is 0 Å². The first-order chi connectivity index (χ1) is 8.88. The van der Waals surface area contributed by atoms with Crippen molar-refractivity contribution in [1.29, 1.82) is 0 Å². The van der Waals surface area contributed by atoms with Gasteiger partial charge >= 0.3 is 0 Å². The molecular formula is C14H14N4. The molecule has 2 heterocycles. The third kappa shape index (κ3) is 1.82. The lowest BCUT2D eigenvalue weighted by Crippen LogP contribution is -2.04. The van der Waals surface area contributed by atoms with Crippen LogP contribution >= 0.6 is 0 Å². The molecule has 0 aliphatic heterocycles. The van der Waals surface area contributed by atoms with E-state index in [0.717, 1.165) is 29.1 Å². The lowest BCUT2D eigenvalue weighted by atomic mass is 10.2. The standard InChI is InChI=1S/C14H14N4/c1-2-15-13-8-5-9-14(17-13)18-12-7-4-3-6-11(12)10-16-18/h3-10H,2H2,1H3,(H,15,17). The lowest BCUT2D eigenvalue weighted by molar-refractivity contribution is 0.874. The minimum Gasteiger partial charge on any atom is -0.370 e. The molecule has 4 nitrogen and oxygen atoms in total. The van der Waals surface area contributed by atoms with Gasteiger partial charge in [0, 0.05) is 11.9 Å². The van der Waals surface area contributed by atoms with Crippen molar-refractivity contribution in [2.24, 2.45) is 0 Å². The van der Waals surface area contributed by atoms with Crippen molar-refractivity contribution < 1.29 is 0 Å². The summed E-state index contributed by atoms with van der Waals surface area (Å²) in [6.07, 6.45) is 1.86. The Kier molecular flexibility index (Phi) is 2.68. The third-order valence-electron chi connectivity index (χ3n) is 2.79. The van der Waals surface area contributed by atoms with Crippen molar-refractivity contribution >= 4 is 16.7 Å². The van der Waals surface area contributed by atoms with Crippen molar-refractivity contribution in [3.63, 3.8) is 0 Å². The Labute approximate surface area is 105 Å². The van der Waals surface area contributed by atoms with Gasteiger partial charge in [-0.25, -0.2) is 9.67 Å². The summed E-state index contributed by atoms with van der Waals surface area (Å²) >= 11 is 0. The number of para-hydroxylation sites is 1.